The van der Waals surface area contributed by atoms with Gasteiger partial charge in [-0.25, -0.2) is 4.98 Å². The molecule has 1 amide bonds. The molecule has 26 heavy (non-hydrogen) atoms. The second kappa shape index (κ2) is 8.65. The van der Waals surface area contributed by atoms with Gasteiger partial charge in [0.2, 0.25) is 6.54 Å². The summed E-state index contributed by atoms with van der Waals surface area (Å²) in [5.74, 6) is -0.528. The molecule has 2 aromatic rings. The lowest BCUT2D eigenvalue weighted by Gasteiger charge is -2.17. The molecule has 0 unspecified atom stereocenters. The highest BCUT2D eigenvalue weighted by Gasteiger charge is 2.18. The van der Waals surface area contributed by atoms with Crippen molar-refractivity contribution in [3.8, 4) is 10.6 Å². The molecule has 0 aliphatic carbocycles. The van der Waals surface area contributed by atoms with Crippen LogP contribution in [0.2, 0.25) is 0 Å². The summed E-state index contributed by atoms with van der Waals surface area (Å²) >= 11 is 1.30. The SMILES string of the molecule is CC(C)(C)COS(=O)(=O)CCNC(=O)C[n+]1ccc(-c2ncns2)cc1. The summed E-state index contributed by atoms with van der Waals surface area (Å²) in [6.07, 6.45) is 5.02. The van der Waals surface area contributed by atoms with Crippen LogP contribution in [0.25, 0.3) is 10.6 Å². The molecule has 2 heterocycles. The fraction of sp³-hybridized carbons (Fsp3) is 0.500. The Kier molecular flexibility index (Phi) is 6.79. The molecule has 0 bridgehead atoms. The Balaban J connectivity index is 1.76. The Labute approximate surface area is 157 Å². The van der Waals surface area contributed by atoms with E-state index in [1.165, 1.54) is 17.9 Å². The van der Waals surface area contributed by atoms with E-state index in [0.29, 0.717) is 0 Å². The fourth-order valence-electron chi connectivity index (χ4n) is 1.87. The minimum atomic E-state index is -3.65. The van der Waals surface area contributed by atoms with Crippen molar-refractivity contribution >= 4 is 27.6 Å². The van der Waals surface area contributed by atoms with Crippen LogP contribution in [0.4, 0.5) is 0 Å². The number of hydrogen-bond acceptors (Lipinski definition) is 7. The molecule has 0 atom stereocenters. The quantitative estimate of drug-likeness (QED) is 0.525. The van der Waals surface area contributed by atoms with Crippen LogP contribution in [0, 0.1) is 5.41 Å². The van der Waals surface area contributed by atoms with Gasteiger partial charge in [0.25, 0.3) is 16.0 Å². The van der Waals surface area contributed by atoms with Gasteiger partial charge in [-0.2, -0.15) is 17.4 Å². The molecule has 0 aromatic carbocycles. The first kappa shape index (κ1) is 20.4. The Morgan fingerprint density at radius 1 is 1.31 bits per heavy atom. The Bertz CT molecular complexity index is 813. The highest BCUT2D eigenvalue weighted by atomic mass is 32.2. The molecule has 8 nitrogen and oxygen atoms in total. The van der Waals surface area contributed by atoms with Gasteiger partial charge < -0.3 is 5.32 Å². The third kappa shape index (κ3) is 7.14. The van der Waals surface area contributed by atoms with Gasteiger partial charge >= 0.3 is 0 Å². The number of pyridine rings is 1. The molecular weight excluding hydrogens is 376 g/mol. The van der Waals surface area contributed by atoms with E-state index in [2.05, 4.69) is 14.7 Å². The summed E-state index contributed by atoms with van der Waals surface area (Å²) in [6, 6.07) is 3.69. The monoisotopic (exact) mass is 399 g/mol. The average molecular weight is 400 g/mol. The predicted molar refractivity (Wildman–Crippen MR) is 97.7 cm³/mol. The molecule has 2 aromatic heterocycles. The number of nitrogens with one attached hydrogen (secondary N) is 1. The van der Waals surface area contributed by atoms with Crippen LogP contribution in [-0.2, 0) is 25.6 Å². The summed E-state index contributed by atoms with van der Waals surface area (Å²) in [7, 11) is -3.65. The molecule has 0 aliphatic heterocycles. The molecule has 0 saturated carbocycles. The van der Waals surface area contributed by atoms with Crippen molar-refractivity contribution in [2.45, 2.75) is 27.3 Å². The largest absolute Gasteiger partial charge is 0.349 e. The van der Waals surface area contributed by atoms with E-state index in [1.54, 1.807) is 17.0 Å². The summed E-state index contributed by atoms with van der Waals surface area (Å²) < 4.78 is 34.2. The Morgan fingerprint density at radius 2 is 2.00 bits per heavy atom. The van der Waals surface area contributed by atoms with E-state index in [-0.39, 0.29) is 36.8 Å². The number of nitrogens with zero attached hydrogens (tertiary/aromatic N) is 3. The van der Waals surface area contributed by atoms with Crippen LogP contribution in [-0.4, -0.2) is 42.6 Å². The smallest absolute Gasteiger partial charge is 0.286 e. The van der Waals surface area contributed by atoms with Crippen LogP contribution in [0.15, 0.2) is 30.9 Å². The molecule has 10 heteroatoms. The van der Waals surface area contributed by atoms with Crippen molar-refractivity contribution in [3.63, 3.8) is 0 Å². The standard InChI is InChI=1S/C16H22N4O4S2/c1-16(2,3)11-24-26(22,23)9-6-17-14(21)10-20-7-4-13(5-8-20)15-18-12-19-25-15/h4-5,7-8,12H,6,9-11H2,1-3H3/p+1. The van der Waals surface area contributed by atoms with Gasteiger partial charge in [-0.05, 0) is 16.9 Å². The maximum atomic E-state index is 11.9. The zero-order chi connectivity index (χ0) is 19.2. The molecule has 0 radical (unpaired) electrons. The molecule has 0 aliphatic rings. The Morgan fingerprint density at radius 3 is 2.58 bits per heavy atom. The number of carbonyl (C=O) groups excluding carboxylic acids is 1. The van der Waals surface area contributed by atoms with Crippen molar-refractivity contribution in [2.24, 2.45) is 5.41 Å². The van der Waals surface area contributed by atoms with E-state index in [9.17, 15) is 13.2 Å². The van der Waals surface area contributed by atoms with Gasteiger partial charge in [-0.15, -0.1) is 0 Å². The lowest BCUT2D eigenvalue weighted by atomic mass is 9.99. The van der Waals surface area contributed by atoms with Gasteiger partial charge in [0.15, 0.2) is 12.4 Å². The van der Waals surface area contributed by atoms with Crippen molar-refractivity contribution < 1.29 is 22.0 Å². The van der Waals surface area contributed by atoms with E-state index < -0.39 is 10.1 Å². The lowest BCUT2D eigenvalue weighted by Crippen LogP contribution is -2.43. The van der Waals surface area contributed by atoms with Crippen molar-refractivity contribution in [3.05, 3.63) is 30.9 Å². The van der Waals surface area contributed by atoms with Gasteiger partial charge in [-0.3, -0.25) is 8.98 Å². The number of carbonyl (C=O) groups is 1. The molecule has 0 saturated heterocycles. The zero-order valence-corrected chi connectivity index (χ0v) is 16.6. The molecule has 1 N–H and O–H groups in total. The fourth-order valence-corrected chi connectivity index (χ4v) is 3.40. The van der Waals surface area contributed by atoms with Crippen molar-refractivity contribution in [2.75, 3.05) is 18.9 Å². The highest BCUT2D eigenvalue weighted by Crippen LogP contribution is 2.17. The average Bonchev–Trinajstić information content (AvgIpc) is 3.07. The predicted octanol–water partition coefficient (Wildman–Crippen LogP) is 1.00. The maximum absolute atomic E-state index is 11.9. The first-order chi connectivity index (χ1) is 12.1. The number of aromatic nitrogens is 3. The first-order valence-corrected chi connectivity index (χ1v) is 10.4. The van der Waals surface area contributed by atoms with Gasteiger partial charge in [0.1, 0.15) is 11.3 Å². The third-order valence-corrected chi connectivity index (χ3v) is 5.07. The topological polar surface area (TPSA) is 102 Å². The Hall–Kier alpha value is -1.91. The van der Waals surface area contributed by atoms with Crippen LogP contribution in [0.5, 0.6) is 0 Å². The van der Waals surface area contributed by atoms with E-state index in [1.807, 2.05) is 32.9 Å². The molecule has 0 spiro atoms. The lowest BCUT2D eigenvalue weighted by molar-refractivity contribution is -0.684. The minimum Gasteiger partial charge on any atom is -0.349 e. The number of rotatable bonds is 8. The summed E-state index contributed by atoms with van der Waals surface area (Å²) in [6.45, 7) is 5.88. The summed E-state index contributed by atoms with van der Waals surface area (Å²) in [5, 5.41) is 3.39. The molecular formula is C16H23N4O4S2+. The minimum absolute atomic E-state index is 0.00867. The molecule has 2 rings (SSSR count). The first-order valence-electron chi connectivity index (χ1n) is 8.05. The summed E-state index contributed by atoms with van der Waals surface area (Å²) in [4.78, 5) is 16.1. The van der Waals surface area contributed by atoms with Gasteiger partial charge in [0.05, 0.1) is 12.4 Å². The zero-order valence-electron chi connectivity index (χ0n) is 15.0. The van der Waals surface area contributed by atoms with Gasteiger partial charge in [-0.1, -0.05) is 20.8 Å². The summed E-state index contributed by atoms with van der Waals surface area (Å²) in [5.41, 5.74) is 0.680. The highest BCUT2D eigenvalue weighted by molar-refractivity contribution is 7.86. The van der Waals surface area contributed by atoms with Crippen molar-refractivity contribution in [1.82, 2.24) is 14.7 Å². The second-order valence-corrected chi connectivity index (χ2v) is 9.48. The number of hydrogen-bond donors (Lipinski definition) is 1. The van der Waals surface area contributed by atoms with E-state index >= 15 is 0 Å². The number of amides is 1. The van der Waals surface area contributed by atoms with E-state index in [0.717, 1.165) is 10.6 Å². The second-order valence-electron chi connectivity index (χ2n) is 6.94. The van der Waals surface area contributed by atoms with Crippen molar-refractivity contribution in [1.29, 1.82) is 0 Å². The molecule has 142 valence electrons. The van der Waals surface area contributed by atoms with Crippen LogP contribution in [0.1, 0.15) is 20.8 Å². The van der Waals surface area contributed by atoms with Crippen LogP contribution in [0.3, 0.4) is 0 Å². The van der Waals surface area contributed by atoms with Gasteiger partial charge in [0, 0.05) is 24.2 Å². The van der Waals surface area contributed by atoms with E-state index in [4.69, 9.17) is 4.18 Å². The third-order valence-electron chi connectivity index (χ3n) is 3.17. The normalized spacial score (nSPS) is 12.1. The molecule has 0 fully saturated rings. The maximum Gasteiger partial charge on any atom is 0.286 e. The van der Waals surface area contributed by atoms with Crippen LogP contribution >= 0.6 is 11.5 Å². The van der Waals surface area contributed by atoms with Crippen LogP contribution < -0.4 is 9.88 Å².